The first-order valence-corrected chi connectivity index (χ1v) is 9.31. The summed E-state index contributed by atoms with van der Waals surface area (Å²) >= 11 is 3.19. The average molecular weight is 424 g/mol. The van der Waals surface area contributed by atoms with Gasteiger partial charge in [0.05, 0.1) is 11.0 Å². The molecule has 26 heavy (non-hydrogen) atoms. The zero-order valence-electron chi connectivity index (χ0n) is 15.0. The minimum Gasteiger partial charge on any atom is -0.349 e. The smallest absolute Gasteiger partial charge is 0.194 e. The lowest BCUT2D eigenvalue weighted by atomic mass is 10.2. The summed E-state index contributed by atoms with van der Waals surface area (Å²) < 4.78 is 15.9. The highest BCUT2D eigenvalue weighted by Crippen LogP contribution is 2.18. The Kier molecular flexibility index (Phi) is 6.20. The second kappa shape index (κ2) is 8.59. The van der Waals surface area contributed by atoms with Crippen LogP contribution in [-0.2, 0) is 20.1 Å². The van der Waals surface area contributed by atoms with Gasteiger partial charge in [0.2, 0.25) is 0 Å². The Balaban J connectivity index is 1.50. The lowest BCUT2D eigenvalue weighted by Crippen LogP contribution is -2.52. The van der Waals surface area contributed by atoms with Gasteiger partial charge in [0.15, 0.2) is 5.96 Å². The molecule has 9 heteroatoms. The van der Waals surface area contributed by atoms with Crippen LogP contribution in [0.2, 0.25) is 0 Å². The monoisotopic (exact) mass is 423 g/mol. The molecule has 140 valence electrons. The Morgan fingerprint density at radius 2 is 2.08 bits per heavy atom. The van der Waals surface area contributed by atoms with Gasteiger partial charge < -0.3 is 10.2 Å². The standard InChI is InChI=1S/C17H23BrFN7/c1-20-17(21-10-16-22-12-23-24(16)2)26-7-5-25(6-8-26)11-13-3-4-14(18)15(19)9-13/h3-4,9,12H,5-8,10-11H2,1-2H3,(H,20,21). The first kappa shape index (κ1) is 18.8. The lowest BCUT2D eigenvalue weighted by molar-refractivity contribution is 0.172. The van der Waals surface area contributed by atoms with Crippen LogP contribution in [0.25, 0.3) is 0 Å². The highest BCUT2D eigenvalue weighted by Gasteiger charge is 2.20. The first-order chi connectivity index (χ1) is 12.6. The molecule has 2 aromatic rings. The number of aliphatic imine (C=N–C) groups is 1. The fourth-order valence-electron chi connectivity index (χ4n) is 2.98. The maximum atomic E-state index is 13.7. The molecule has 1 aliphatic heterocycles. The van der Waals surface area contributed by atoms with E-state index in [1.807, 2.05) is 13.1 Å². The molecular formula is C17H23BrFN7. The molecule has 0 atom stereocenters. The van der Waals surface area contributed by atoms with E-state index in [-0.39, 0.29) is 5.82 Å². The van der Waals surface area contributed by atoms with E-state index < -0.39 is 0 Å². The van der Waals surface area contributed by atoms with Gasteiger partial charge in [-0.25, -0.2) is 9.37 Å². The summed E-state index contributed by atoms with van der Waals surface area (Å²) in [5.41, 5.74) is 0.990. The molecule has 1 aliphatic rings. The van der Waals surface area contributed by atoms with E-state index in [0.29, 0.717) is 11.0 Å². The molecule has 1 saturated heterocycles. The topological polar surface area (TPSA) is 61.6 Å². The number of piperazine rings is 1. The fraction of sp³-hybridized carbons (Fsp3) is 0.471. The Labute approximate surface area is 161 Å². The zero-order chi connectivity index (χ0) is 18.5. The minimum atomic E-state index is -0.213. The summed E-state index contributed by atoms with van der Waals surface area (Å²) in [5.74, 6) is 1.51. The zero-order valence-corrected chi connectivity index (χ0v) is 16.6. The summed E-state index contributed by atoms with van der Waals surface area (Å²) in [4.78, 5) is 13.1. The minimum absolute atomic E-state index is 0.213. The number of guanidine groups is 1. The van der Waals surface area contributed by atoms with Gasteiger partial charge in [-0.15, -0.1) is 0 Å². The Hall–Kier alpha value is -2.00. The molecule has 2 heterocycles. The van der Waals surface area contributed by atoms with Gasteiger partial charge in [-0.3, -0.25) is 14.6 Å². The number of halogens is 2. The van der Waals surface area contributed by atoms with Gasteiger partial charge in [0.1, 0.15) is 18.0 Å². The van der Waals surface area contributed by atoms with Crippen LogP contribution < -0.4 is 5.32 Å². The molecule has 0 spiro atoms. The average Bonchev–Trinajstić information content (AvgIpc) is 3.05. The summed E-state index contributed by atoms with van der Waals surface area (Å²) in [6, 6.07) is 5.32. The number of rotatable bonds is 4. The molecule has 1 fully saturated rings. The van der Waals surface area contributed by atoms with Gasteiger partial charge in [0.25, 0.3) is 0 Å². The number of hydrogen-bond donors (Lipinski definition) is 1. The molecule has 0 aliphatic carbocycles. The van der Waals surface area contributed by atoms with E-state index in [2.05, 4.69) is 46.1 Å². The van der Waals surface area contributed by atoms with E-state index in [1.54, 1.807) is 30.2 Å². The summed E-state index contributed by atoms with van der Waals surface area (Å²) in [7, 11) is 3.66. The number of benzene rings is 1. The maximum absolute atomic E-state index is 13.7. The van der Waals surface area contributed by atoms with Crippen molar-refractivity contribution in [1.82, 2.24) is 29.9 Å². The lowest BCUT2D eigenvalue weighted by Gasteiger charge is -2.36. The quantitative estimate of drug-likeness (QED) is 0.597. The molecule has 0 radical (unpaired) electrons. The van der Waals surface area contributed by atoms with E-state index >= 15 is 0 Å². The second-order valence-electron chi connectivity index (χ2n) is 6.21. The molecule has 3 rings (SSSR count). The van der Waals surface area contributed by atoms with Crippen molar-refractivity contribution in [3.05, 3.63) is 46.2 Å². The van der Waals surface area contributed by atoms with Gasteiger partial charge in [-0.1, -0.05) is 6.07 Å². The third-order valence-electron chi connectivity index (χ3n) is 4.48. The van der Waals surface area contributed by atoms with Crippen molar-refractivity contribution < 1.29 is 4.39 Å². The normalized spacial score (nSPS) is 16.2. The van der Waals surface area contributed by atoms with Crippen molar-refractivity contribution in [2.45, 2.75) is 13.1 Å². The Morgan fingerprint density at radius 3 is 2.69 bits per heavy atom. The van der Waals surface area contributed by atoms with Crippen LogP contribution in [-0.4, -0.2) is 63.8 Å². The molecule has 1 aromatic heterocycles. The van der Waals surface area contributed by atoms with Crippen LogP contribution in [0.15, 0.2) is 34.0 Å². The molecule has 0 unspecified atom stereocenters. The maximum Gasteiger partial charge on any atom is 0.194 e. The predicted octanol–water partition coefficient (Wildman–Crippen LogP) is 1.61. The van der Waals surface area contributed by atoms with Crippen LogP contribution in [0.5, 0.6) is 0 Å². The van der Waals surface area contributed by atoms with E-state index in [0.717, 1.165) is 50.1 Å². The number of aryl methyl sites for hydroxylation is 1. The summed E-state index contributed by atoms with van der Waals surface area (Å²) in [6.45, 7) is 4.89. The first-order valence-electron chi connectivity index (χ1n) is 8.51. The van der Waals surface area contributed by atoms with Crippen LogP contribution >= 0.6 is 15.9 Å². The van der Waals surface area contributed by atoms with E-state index in [4.69, 9.17) is 0 Å². The van der Waals surface area contributed by atoms with Crippen molar-refractivity contribution in [3.63, 3.8) is 0 Å². The van der Waals surface area contributed by atoms with Crippen molar-refractivity contribution in [3.8, 4) is 0 Å². The highest BCUT2D eigenvalue weighted by molar-refractivity contribution is 9.10. The van der Waals surface area contributed by atoms with Gasteiger partial charge in [0, 0.05) is 46.8 Å². The SMILES string of the molecule is CN=C(NCc1ncnn1C)N1CCN(Cc2ccc(Br)c(F)c2)CC1. The predicted molar refractivity (Wildman–Crippen MR) is 102 cm³/mol. The Bertz CT molecular complexity index is 768. The Morgan fingerprint density at radius 1 is 1.31 bits per heavy atom. The fourth-order valence-corrected chi connectivity index (χ4v) is 3.23. The van der Waals surface area contributed by atoms with Crippen LogP contribution in [0.4, 0.5) is 4.39 Å². The van der Waals surface area contributed by atoms with Crippen molar-refractivity contribution >= 4 is 21.9 Å². The van der Waals surface area contributed by atoms with Crippen LogP contribution in [0.1, 0.15) is 11.4 Å². The number of nitrogens with zero attached hydrogens (tertiary/aromatic N) is 6. The molecule has 1 aromatic carbocycles. The van der Waals surface area contributed by atoms with E-state index in [1.165, 1.54) is 0 Å². The van der Waals surface area contributed by atoms with E-state index in [9.17, 15) is 4.39 Å². The number of nitrogens with one attached hydrogen (secondary N) is 1. The largest absolute Gasteiger partial charge is 0.349 e. The van der Waals surface area contributed by atoms with Crippen molar-refractivity contribution in [2.75, 3.05) is 33.2 Å². The highest BCUT2D eigenvalue weighted by atomic mass is 79.9. The third-order valence-corrected chi connectivity index (χ3v) is 5.13. The van der Waals surface area contributed by atoms with Crippen molar-refractivity contribution in [2.24, 2.45) is 12.0 Å². The number of hydrogen-bond acceptors (Lipinski definition) is 4. The van der Waals surface area contributed by atoms with Crippen LogP contribution in [0.3, 0.4) is 0 Å². The molecule has 0 bridgehead atoms. The van der Waals surface area contributed by atoms with Crippen molar-refractivity contribution in [1.29, 1.82) is 0 Å². The van der Waals surface area contributed by atoms with Crippen LogP contribution in [0, 0.1) is 5.82 Å². The molecule has 0 amide bonds. The van der Waals surface area contributed by atoms with Gasteiger partial charge in [-0.2, -0.15) is 5.10 Å². The third kappa shape index (κ3) is 4.59. The second-order valence-corrected chi connectivity index (χ2v) is 7.07. The number of aromatic nitrogens is 3. The van der Waals surface area contributed by atoms with Gasteiger partial charge in [-0.05, 0) is 33.6 Å². The van der Waals surface area contributed by atoms with Gasteiger partial charge >= 0.3 is 0 Å². The summed E-state index contributed by atoms with van der Waals surface area (Å²) in [6.07, 6.45) is 1.55. The molecule has 1 N–H and O–H groups in total. The molecular weight excluding hydrogens is 401 g/mol. The summed E-state index contributed by atoms with van der Waals surface area (Å²) in [5, 5.41) is 7.41. The molecule has 0 saturated carbocycles. The molecule has 7 nitrogen and oxygen atoms in total.